The van der Waals surface area contributed by atoms with Crippen LogP contribution in [0.3, 0.4) is 0 Å². The van der Waals surface area contributed by atoms with E-state index in [4.69, 9.17) is 0 Å². The highest BCUT2D eigenvalue weighted by Crippen LogP contribution is 1.90. The standard InChI is InChI=1S/C6H12O.C3H7NO/c1-3-5-6(7)4-2;1-2-3(4)5/h3-5H2,1-2H3;2H2,1H3,(H2,4,5). The lowest BCUT2D eigenvalue weighted by Gasteiger charge is -1.87. The Labute approximate surface area is 74.3 Å². The molecule has 0 aromatic rings. The first-order valence-corrected chi connectivity index (χ1v) is 4.38. The summed E-state index contributed by atoms with van der Waals surface area (Å²) in [6.45, 7) is 5.65. The van der Waals surface area contributed by atoms with Crippen LogP contribution in [-0.2, 0) is 9.59 Å². The van der Waals surface area contributed by atoms with Crippen LogP contribution in [0.5, 0.6) is 0 Å². The Bertz CT molecular complexity index is 132. The van der Waals surface area contributed by atoms with Crippen LogP contribution >= 0.6 is 0 Å². The molecule has 12 heavy (non-hydrogen) atoms. The zero-order chi connectivity index (χ0) is 9.98. The molecule has 0 aliphatic rings. The summed E-state index contributed by atoms with van der Waals surface area (Å²) < 4.78 is 0. The second-order valence-corrected chi connectivity index (χ2v) is 2.46. The monoisotopic (exact) mass is 173 g/mol. The SMILES string of the molecule is CCC(N)=O.CCCC(=O)CC. The molecule has 1 amide bonds. The molecule has 72 valence electrons. The van der Waals surface area contributed by atoms with Gasteiger partial charge >= 0.3 is 0 Å². The van der Waals surface area contributed by atoms with Gasteiger partial charge in [-0.2, -0.15) is 0 Å². The number of carbonyl (C=O) groups is 2. The number of ketones is 1. The summed E-state index contributed by atoms with van der Waals surface area (Å²) in [7, 11) is 0. The van der Waals surface area contributed by atoms with Crippen molar-refractivity contribution < 1.29 is 9.59 Å². The molecule has 2 N–H and O–H groups in total. The second-order valence-electron chi connectivity index (χ2n) is 2.46. The van der Waals surface area contributed by atoms with Crippen molar-refractivity contribution in [3.63, 3.8) is 0 Å². The third kappa shape index (κ3) is 16.1. The van der Waals surface area contributed by atoms with Gasteiger partial charge in [0.25, 0.3) is 0 Å². The molecule has 3 heteroatoms. The van der Waals surface area contributed by atoms with E-state index in [1.807, 2.05) is 13.8 Å². The molecular weight excluding hydrogens is 154 g/mol. The van der Waals surface area contributed by atoms with Crippen LogP contribution in [0, 0.1) is 0 Å². The molecule has 0 fully saturated rings. The van der Waals surface area contributed by atoms with Gasteiger partial charge in [0.2, 0.25) is 5.91 Å². The molecule has 0 rings (SSSR count). The van der Waals surface area contributed by atoms with E-state index in [1.165, 1.54) is 0 Å². The molecule has 0 aliphatic heterocycles. The van der Waals surface area contributed by atoms with Crippen LogP contribution in [0.15, 0.2) is 0 Å². The summed E-state index contributed by atoms with van der Waals surface area (Å²) in [5.41, 5.74) is 4.65. The number of hydrogen-bond donors (Lipinski definition) is 1. The van der Waals surface area contributed by atoms with Crippen LogP contribution in [0.1, 0.15) is 46.5 Å². The molecule has 0 aromatic heterocycles. The van der Waals surface area contributed by atoms with Crippen molar-refractivity contribution >= 4 is 11.7 Å². The predicted molar refractivity (Wildman–Crippen MR) is 49.7 cm³/mol. The third-order valence-electron chi connectivity index (χ3n) is 1.27. The summed E-state index contributed by atoms with van der Waals surface area (Å²) >= 11 is 0. The topological polar surface area (TPSA) is 60.2 Å². The van der Waals surface area contributed by atoms with E-state index >= 15 is 0 Å². The Morgan fingerprint density at radius 2 is 1.50 bits per heavy atom. The highest BCUT2D eigenvalue weighted by atomic mass is 16.1. The molecule has 0 saturated heterocycles. The first-order valence-electron chi connectivity index (χ1n) is 4.38. The van der Waals surface area contributed by atoms with Crippen LogP contribution in [0.2, 0.25) is 0 Å². The number of primary amides is 1. The van der Waals surface area contributed by atoms with Gasteiger partial charge in [-0.15, -0.1) is 0 Å². The summed E-state index contributed by atoms with van der Waals surface area (Å²) in [4.78, 5) is 20.0. The lowest BCUT2D eigenvalue weighted by molar-refractivity contribution is -0.119. The molecule has 0 saturated carbocycles. The molecular formula is C9H19NO2. The Kier molecular flexibility index (Phi) is 11.6. The van der Waals surface area contributed by atoms with Gasteiger partial charge in [0.1, 0.15) is 5.78 Å². The number of rotatable bonds is 4. The Balaban J connectivity index is 0. The fourth-order valence-corrected chi connectivity index (χ4v) is 0.456. The largest absolute Gasteiger partial charge is 0.370 e. The minimum absolute atomic E-state index is 0.245. The quantitative estimate of drug-likeness (QED) is 0.702. The van der Waals surface area contributed by atoms with Crippen molar-refractivity contribution in [1.82, 2.24) is 0 Å². The van der Waals surface area contributed by atoms with Crippen molar-refractivity contribution in [3.8, 4) is 0 Å². The molecule has 0 aromatic carbocycles. The molecule has 0 aliphatic carbocycles. The first kappa shape index (κ1) is 13.7. The van der Waals surface area contributed by atoms with Gasteiger partial charge in [0.15, 0.2) is 0 Å². The van der Waals surface area contributed by atoms with Crippen LogP contribution in [0.25, 0.3) is 0 Å². The number of hydrogen-bond acceptors (Lipinski definition) is 2. The number of nitrogens with two attached hydrogens (primary N) is 1. The lowest BCUT2D eigenvalue weighted by Crippen LogP contribution is -2.06. The van der Waals surface area contributed by atoms with Crippen molar-refractivity contribution in [2.45, 2.75) is 46.5 Å². The summed E-state index contributed by atoms with van der Waals surface area (Å²) in [5.74, 6) is 0.132. The maximum Gasteiger partial charge on any atom is 0.217 e. The molecule has 0 radical (unpaired) electrons. The minimum Gasteiger partial charge on any atom is -0.370 e. The van der Waals surface area contributed by atoms with E-state index < -0.39 is 0 Å². The molecule has 0 unspecified atom stereocenters. The van der Waals surface area contributed by atoms with Crippen molar-refractivity contribution in [2.24, 2.45) is 5.73 Å². The zero-order valence-corrected chi connectivity index (χ0v) is 8.22. The van der Waals surface area contributed by atoms with Gasteiger partial charge in [-0.25, -0.2) is 0 Å². The minimum atomic E-state index is -0.245. The van der Waals surface area contributed by atoms with Crippen molar-refractivity contribution in [2.75, 3.05) is 0 Å². The Morgan fingerprint density at radius 1 is 1.08 bits per heavy atom. The van der Waals surface area contributed by atoms with Gasteiger partial charge in [-0.3, -0.25) is 9.59 Å². The van der Waals surface area contributed by atoms with Crippen LogP contribution in [-0.4, -0.2) is 11.7 Å². The molecule has 0 heterocycles. The number of amides is 1. The number of carbonyl (C=O) groups excluding carboxylic acids is 2. The number of Topliss-reactive ketones (excluding diaryl/α,β-unsaturated/α-hetero) is 1. The third-order valence-corrected chi connectivity index (χ3v) is 1.27. The lowest BCUT2D eigenvalue weighted by atomic mass is 10.2. The summed E-state index contributed by atoms with van der Waals surface area (Å²) in [5, 5.41) is 0. The Morgan fingerprint density at radius 3 is 1.58 bits per heavy atom. The summed E-state index contributed by atoms with van der Waals surface area (Å²) in [6.07, 6.45) is 2.90. The molecule has 0 spiro atoms. The second kappa shape index (κ2) is 10.1. The van der Waals surface area contributed by atoms with E-state index in [0.29, 0.717) is 18.6 Å². The molecule has 0 atom stereocenters. The first-order chi connectivity index (χ1) is 5.58. The van der Waals surface area contributed by atoms with Gasteiger partial charge in [0, 0.05) is 19.3 Å². The predicted octanol–water partition coefficient (Wildman–Crippen LogP) is 1.65. The van der Waals surface area contributed by atoms with Gasteiger partial charge < -0.3 is 5.73 Å². The van der Waals surface area contributed by atoms with Gasteiger partial charge in [0.05, 0.1) is 0 Å². The Hall–Kier alpha value is -0.860. The van der Waals surface area contributed by atoms with E-state index in [-0.39, 0.29) is 5.91 Å². The fraction of sp³-hybridized carbons (Fsp3) is 0.778. The van der Waals surface area contributed by atoms with Crippen molar-refractivity contribution in [3.05, 3.63) is 0 Å². The van der Waals surface area contributed by atoms with Crippen LogP contribution < -0.4 is 5.73 Å². The van der Waals surface area contributed by atoms with Gasteiger partial charge in [-0.05, 0) is 6.42 Å². The maximum atomic E-state index is 10.4. The van der Waals surface area contributed by atoms with E-state index in [0.717, 1.165) is 12.8 Å². The van der Waals surface area contributed by atoms with E-state index in [1.54, 1.807) is 6.92 Å². The van der Waals surface area contributed by atoms with Gasteiger partial charge in [-0.1, -0.05) is 20.8 Å². The average Bonchev–Trinajstić information content (AvgIpc) is 2.06. The zero-order valence-electron chi connectivity index (χ0n) is 8.22. The fourth-order valence-electron chi connectivity index (χ4n) is 0.456. The van der Waals surface area contributed by atoms with Crippen molar-refractivity contribution in [1.29, 1.82) is 0 Å². The average molecular weight is 173 g/mol. The summed E-state index contributed by atoms with van der Waals surface area (Å²) in [6, 6.07) is 0. The normalized spacial score (nSPS) is 8.25. The highest BCUT2D eigenvalue weighted by Gasteiger charge is 1.91. The molecule has 0 bridgehead atoms. The highest BCUT2D eigenvalue weighted by molar-refractivity contribution is 5.77. The van der Waals surface area contributed by atoms with Crippen LogP contribution in [0.4, 0.5) is 0 Å². The smallest absolute Gasteiger partial charge is 0.217 e. The van der Waals surface area contributed by atoms with E-state index in [2.05, 4.69) is 5.73 Å². The maximum absolute atomic E-state index is 10.4. The van der Waals surface area contributed by atoms with E-state index in [9.17, 15) is 9.59 Å². The molecule has 3 nitrogen and oxygen atoms in total.